The minimum atomic E-state index is -4.49. The highest BCUT2D eigenvalue weighted by molar-refractivity contribution is 7.20. The Morgan fingerprint density at radius 1 is 1.20 bits per heavy atom. The van der Waals surface area contributed by atoms with Crippen molar-refractivity contribution in [3.8, 4) is 0 Å². The first-order chi connectivity index (χ1) is 14.0. The van der Waals surface area contributed by atoms with Crippen LogP contribution in [0.5, 0.6) is 0 Å². The number of halogens is 3. The zero-order valence-electron chi connectivity index (χ0n) is 16.4. The number of carbonyl (C=O) groups excluding carboxylic acids is 1. The van der Waals surface area contributed by atoms with Crippen LogP contribution in [0.2, 0.25) is 0 Å². The largest absolute Gasteiger partial charge is 0.390 e. The number of alkyl halides is 3. The van der Waals surface area contributed by atoms with Crippen molar-refractivity contribution in [2.75, 3.05) is 13.1 Å². The molecule has 1 aliphatic rings. The van der Waals surface area contributed by atoms with Gasteiger partial charge in [-0.15, -0.1) is 11.3 Å². The van der Waals surface area contributed by atoms with Crippen LogP contribution in [0.15, 0.2) is 9.59 Å². The number of rotatable bonds is 4. The summed E-state index contributed by atoms with van der Waals surface area (Å²) in [5.41, 5.74) is -1.22. The van der Waals surface area contributed by atoms with Gasteiger partial charge >= 0.3 is 11.9 Å². The number of hydrogen-bond acceptors (Lipinski definition) is 6. The zero-order valence-corrected chi connectivity index (χ0v) is 17.2. The molecule has 0 radical (unpaired) electrons. The van der Waals surface area contributed by atoms with Gasteiger partial charge in [0, 0.05) is 26.2 Å². The van der Waals surface area contributed by atoms with Crippen molar-refractivity contribution in [3.63, 3.8) is 0 Å². The van der Waals surface area contributed by atoms with Crippen LogP contribution < -0.4 is 11.2 Å². The lowest BCUT2D eigenvalue weighted by atomic mass is 10.0. The van der Waals surface area contributed by atoms with Gasteiger partial charge in [0.15, 0.2) is 0 Å². The van der Waals surface area contributed by atoms with Gasteiger partial charge in [-0.1, -0.05) is 0 Å². The first-order valence-electron chi connectivity index (χ1n) is 9.45. The molecule has 166 valence electrons. The number of piperidine rings is 1. The molecule has 8 nitrogen and oxygen atoms in total. The fraction of sp³-hybridized carbons (Fsp3) is 0.611. The van der Waals surface area contributed by atoms with E-state index >= 15 is 0 Å². The molecule has 0 spiro atoms. The monoisotopic (exact) mass is 449 g/mol. The lowest BCUT2D eigenvalue weighted by Gasteiger charge is -2.33. The van der Waals surface area contributed by atoms with E-state index in [0.717, 1.165) is 20.5 Å². The third kappa shape index (κ3) is 4.03. The van der Waals surface area contributed by atoms with Gasteiger partial charge in [0.2, 0.25) is 0 Å². The fourth-order valence-electron chi connectivity index (χ4n) is 3.56. The fourth-order valence-corrected chi connectivity index (χ4v) is 4.85. The van der Waals surface area contributed by atoms with E-state index in [1.54, 1.807) is 0 Å². The highest BCUT2D eigenvalue weighted by Gasteiger charge is 2.33. The van der Waals surface area contributed by atoms with Crippen LogP contribution in [0.1, 0.15) is 35.0 Å². The second-order valence-corrected chi connectivity index (χ2v) is 8.26. The Morgan fingerprint density at radius 3 is 2.43 bits per heavy atom. The number of aryl methyl sites for hydroxylation is 2. The molecular weight excluding hydrogens is 427 g/mol. The number of likely N-dealkylation sites (tertiary alicyclic amines) is 1. The maximum atomic E-state index is 13.0. The van der Waals surface area contributed by atoms with Crippen LogP contribution in [0.25, 0.3) is 10.2 Å². The predicted molar refractivity (Wildman–Crippen MR) is 104 cm³/mol. The molecule has 3 heterocycles. The summed E-state index contributed by atoms with van der Waals surface area (Å²) in [6.07, 6.45) is -7.62. The number of thiophene rings is 1. The van der Waals surface area contributed by atoms with Crippen molar-refractivity contribution in [2.45, 2.75) is 58.2 Å². The molecule has 1 fully saturated rings. The van der Waals surface area contributed by atoms with Gasteiger partial charge in [-0.25, -0.2) is 4.79 Å². The average Bonchev–Trinajstić information content (AvgIpc) is 3.00. The zero-order chi connectivity index (χ0) is 22.4. The quantitative estimate of drug-likeness (QED) is 0.727. The summed E-state index contributed by atoms with van der Waals surface area (Å²) in [7, 11) is 0. The first-order valence-corrected chi connectivity index (χ1v) is 10.3. The number of aliphatic hydroxyl groups excluding tert-OH is 2. The number of amides is 1. The van der Waals surface area contributed by atoms with Crippen molar-refractivity contribution in [1.29, 1.82) is 0 Å². The second kappa shape index (κ2) is 8.16. The summed E-state index contributed by atoms with van der Waals surface area (Å²) in [5, 5.41) is 19.5. The molecule has 1 aliphatic heterocycles. The van der Waals surface area contributed by atoms with E-state index < -0.39 is 48.5 Å². The minimum Gasteiger partial charge on any atom is -0.390 e. The Kier molecular flexibility index (Phi) is 6.12. The molecule has 2 aromatic heterocycles. The van der Waals surface area contributed by atoms with Crippen molar-refractivity contribution in [2.24, 2.45) is 0 Å². The smallest absolute Gasteiger partial charge is 0.390 e. The van der Waals surface area contributed by atoms with E-state index in [9.17, 15) is 37.8 Å². The molecule has 0 bridgehead atoms. The predicted octanol–water partition coefficient (Wildman–Crippen LogP) is 1.07. The van der Waals surface area contributed by atoms with E-state index in [4.69, 9.17) is 0 Å². The molecule has 1 amide bonds. The Morgan fingerprint density at radius 2 is 1.87 bits per heavy atom. The lowest BCUT2D eigenvalue weighted by Crippen LogP contribution is -2.48. The van der Waals surface area contributed by atoms with E-state index in [1.165, 1.54) is 18.7 Å². The van der Waals surface area contributed by atoms with Gasteiger partial charge in [0.1, 0.15) is 4.83 Å². The molecule has 2 atom stereocenters. The third-order valence-corrected chi connectivity index (χ3v) is 6.56. The van der Waals surface area contributed by atoms with Crippen LogP contribution >= 0.6 is 11.3 Å². The standard InChI is InChI=1S/C18H22F3N3O5S/c1-3-23-14(27)12-9(2)13(15(28)22-6-4-10(25)11(26)8-22)30-16(12)24(17(23)29)7-5-18(19,20)21/h10-11,25-26H,3-8H2,1-2H3. The van der Waals surface area contributed by atoms with E-state index in [0.29, 0.717) is 0 Å². The van der Waals surface area contributed by atoms with Crippen molar-refractivity contribution < 1.29 is 28.2 Å². The van der Waals surface area contributed by atoms with Gasteiger partial charge < -0.3 is 15.1 Å². The number of β-amino-alcohol motifs (C(OH)–C–C–N with tert-alkyl or cyclic N) is 1. The summed E-state index contributed by atoms with van der Waals surface area (Å²) >= 11 is 0.799. The Hall–Kier alpha value is -2.18. The van der Waals surface area contributed by atoms with Gasteiger partial charge in [-0.05, 0) is 25.8 Å². The van der Waals surface area contributed by atoms with Gasteiger partial charge in [0.05, 0.1) is 28.9 Å². The summed E-state index contributed by atoms with van der Waals surface area (Å²) in [6.45, 7) is 2.45. The van der Waals surface area contributed by atoms with Crippen molar-refractivity contribution >= 4 is 27.5 Å². The summed E-state index contributed by atoms with van der Waals surface area (Å²) in [4.78, 5) is 39.9. The SMILES string of the molecule is CCn1c(=O)c2c(C)c(C(=O)N3CCC(O)C(O)C3)sc2n(CCC(F)(F)F)c1=O. The van der Waals surface area contributed by atoms with Crippen LogP contribution in [0.3, 0.4) is 0 Å². The first kappa shape index (κ1) is 22.5. The second-order valence-electron chi connectivity index (χ2n) is 7.26. The maximum Gasteiger partial charge on any atom is 0.390 e. The number of fused-ring (bicyclic) bond motifs is 1. The van der Waals surface area contributed by atoms with Gasteiger partial charge in [0.25, 0.3) is 11.5 Å². The Bertz CT molecular complexity index is 1090. The average molecular weight is 449 g/mol. The number of nitrogens with zero attached hydrogens (tertiary/aromatic N) is 3. The molecular formula is C18H22F3N3O5S. The summed E-state index contributed by atoms with van der Waals surface area (Å²) < 4.78 is 40.1. The van der Waals surface area contributed by atoms with E-state index in [-0.39, 0.29) is 46.7 Å². The van der Waals surface area contributed by atoms with Crippen molar-refractivity contribution in [3.05, 3.63) is 31.3 Å². The summed E-state index contributed by atoms with van der Waals surface area (Å²) in [5.74, 6) is -0.503. The molecule has 2 unspecified atom stereocenters. The molecule has 0 aliphatic carbocycles. The number of aliphatic hydroxyl groups is 2. The molecule has 2 N–H and O–H groups in total. The van der Waals surface area contributed by atoms with Gasteiger partial charge in [-0.3, -0.25) is 18.7 Å². The Balaban J connectivity index is 2.13. The normalized spacial score (nSPS) is 20.2. The highest BCUT2D eigenvalue weighted by atomic mass is 32.1. The molecule has 2 aromatic rings. The maximum absolute atomic E-state index is 13.0. The van der Waals surface area contributed by atoms with E-state index in [1.807, 2.05) is 0 Å². The van der Waals surface area contributed by atoms with Gasteiger partial charge in [-0.2, -0.15) is 13.2 Å². The third-order valence-electron chi connectivity index (χ3n) is 5.26. The lowest BCUT2D eigenvalue weighted by molar-refractivity contribution is -0.136. The van der Waals surface area contributed by atoms with E-state index in [2.05, 4.69) is 0 Å². The molecule has 1 saturated heterocycles. The molecule has 30 heavy (non-hydrogen) atoms. The molecule has 3 rings (SSSR count). The number of carbonyl (C=O) groups is 1. The Labute approximate surface area is 172 Å². The molecule has 0 aromatic carbocycles. The van der Waals surface area contributed by atoms with Crippen LogP contribution in [0, 0.1) is 6.92 Å². The highest BCUT2D eigenvalue weighted by Crippen LogP contribution is 2.31. The minimum absolute atomic E-state index is 0.0194. The van der Waals surface area contributed by atoms with Crippen LogP contribution in [-0.2, 0) is 13.1 Å². The topological polar surface area (TPSA) is 105 Å². The van der Waals surface area contributed by atoms with Crippen LogP contribution in [-0.4, -0.2) is 61.6 Å². The van der Waals surface area contributed by atoms with Crippen molar-refractivity contribution in [1.82, 2.24) is 14.0 Å². The number of aromatic nitrogens is 2. The molecule has 0 saturated carbocycles. The number of hydrogen-bond donors (Lipinski definition) is 2. The summed E-state index contributed by atoms with van der Waals surface area (Å²) in [6, 6.07) is 0. The molecule has 12 heteroatoms. The van der Waals surface area contributed by atoms with Crippen LogP contribution in [0.4, 0.5) is 13.2 Å².